The van der Waals surface area contributed by atoms with Crippen molar-refractivity contribution in [1.29, 1.82) is 0 Å². The van der Waals surface area contributed by atoms with Crippen molar-refractivity contribution in [3.05, 3.63) is 48.2 Å². The van der Waals surface area contributed by atoms with Crippen LogP contribution in [0, 0.1) is 0 Å². The van der Waals surface area contributed by atoms with Crippen molar-refractivity contribution < 1.29 is 22.8 Å². The van der Waals surface area contributed by atoms with Crippen LogP contribution in [-0.2, 0) is 15.8 Å². The second kappa shape index (κ2) is 7.99. The lowest BCUT2D eigenvalue weighted by atomic mass is 10.2. The van der Waals surface area contributed by atoms with Crippen molar-refractivity contribution in [1.82, 2.24) is 4.98 Å². The summed E-state index contributed by atoms with van der Waals surface area (Å²) in [5.41, 5.74) is 0.338. The first kappa shape index (κ1) is 19.2. The van der Waals surface area contributed by atoms with E-state index < -0.39 is 11.7 Å². The molecule has 0 aliphatic carbocycles. The molecule has 1 aromatic carbocycles. The molecule has 0 atom stereocenters. The molecule has 0 saturated carbocycles. The summed E-state index contributed by atoms with van der Waals surface area (Å²) < 4.78 is 37.6. The van der Waals surface area contributed by atoms with Crippen LogP contribution in [0.1, 0.15) is 18.4 Å². The number of benzene rings is 1. The molecule has 5 nitrogen and oxygen atoms in total. The standard InChI is InChI=1S/C18H16F3N3O2S/c19-18(20,21)12-7-8-16(22-10-12)27-11-15(25)23-13-4-1-2-5-14(13)24-9-3-6-17(24)26/h1-2,4-5,7-8,10H,3,6,9,11H2,(H,23,25). The molecule has 0 radical (unpaired) electrons. The van der Waals surface area contributed by atoms with E-state index in [9.17, 15) is 22.8 Å². The molecule has 1 aliphatic heterocycles. The van der Waals surface area contributed by atoms with E-state index in [0.29, 0.717) is 29.4 Å². The second-order valence-corrected chi connectivity index (χ2v) is 6.88. The maximum atomic E-state index is 12.5. The zero-order chi connectivity index (χ0) is 19.4. The molecule has 0 unspecified atom stereocenters. The molecule has 0 bridgehead atoms. The molecule has 2 aromatic rings. The topological polar surface area (TPSA) is 62.3 Å². The maximum absolute atomic E-state index is 12.5. The molecule has 2 amide bonds. The van der Waals surface area contributed by atoms with E-state index in [2.05, 4.69) is 10.3 Å². The molecule has 1 saturated heterocycles. The highest BCUT2D eigenvalue weighted by Gasteiger charge is 2.30. The highest BCUT2D eigenvalue weighted by Crippen LogP contribution is 2.31. The van der Waals surface area contributed by atoms with E-state index in [1.165, 1.54) is 6.07 Å². The number of nitrogens with zero attached hydrogens (tertiary/aromatic N) is 2. The molecule has 27 heavy (non-hydrogen) atoms. The third kappa shape index (κ3) is 4.79. The molecule has 1 fully saturated rings. The monoisotopic (exact) mass is 395 g/mol. The fourth-order valence-electron chi connectivity index (χ4n) is 2.68. The summed E-state index contributed by atoms with van der Waals surface area (Å²) >= 11 is 1.03. The predicted octanol–water partition coefficient (Wildman–Crippen LogP) is 3.96. The Balaban J connectivity index is 1.61. The zero-order valence-electron chi connectivity index (χ0n) is 14.1. The molecule has 2 heterocycles. The molecule has 1 aromatic heterocycles. The first-order chi connectivity index (χ1) is 12.8. The van der Waals surface area contributed by atoms with Crippen molar-refractivity contribution in [2.24, 2.45) is 0 Å². The van der Waals surface area contributed by atoms with Crippen LogP contribution in [0.15, 0.2) is 47.6 Å². The third-order valence-electron chi connectivity index (χ3n) is 3.96. The number of thioether (sulfide) groups is 1. The number of hydrogen-bond acceptors (Lipinski definition) is 4. The number of carbonyl (C=O) groups excluding carboxylic acids is 2. The van der Waals surface area contributed by atoms with Crippen LogP contribution < -0.4 is 10.2 Å². The number of amides is 2. The highest BCUT2D eigenvalue weighted by atomic mass is 32.2. The summed E-state index contributed by atoms with van der Waals surface area (Å²) in [6, 6.07) is 9.18. The van der Waals surface area contributed by atoms with Gasteiger partial charge in [-0.25, -0.2) is 4.98 Å². The predicted molar refractivity (Wildman–Crippen MR) is 96.6 cm³/mol. The first-order valence-corrected chi connectivity index (χ1v) is 9.18. The normalized spacial score (nSPS) is 14.5. The summed E-state index contributed by atoms with van der Waals surface area (Å²) in [7, 11) is 0. The van der Waals surface area contributed by atoms with Gasteiger partial charge in [-0.05, 0) is 30.7 Å². The van der Waals surface area contributed by atoms with Gasteiger partial charge < -0.3 is 10.2 Å². The number of nitrogens with one attached hydrogen (secondary N) is 1. The number of rotatable bonds is 5. The van der Waals surface area contributed by atoms with E-state index in [1.807, 2.05) is 0 Å². The Bertz CT molecular complexity index is 840. The Morgan fingerprint density at radius 2 is 2.00 bits per heavy atom. The van der Waals surface area contributed by atoms with E-state index in [0.717, 1.165) is 30.4 Å². The Kier molecular flexibility index (Phi) is 5.69. The van der Waals surface area contributed by atoms with Crippen molar-refractivity contribution in [3.8, 4) is 0 Å². The van der Waals surface area contributed by atoms with Gasteiger partial charge in [0.15, 0.2) is 0 Å². The van der Waals surface area contributed by atoms with Gasteiger partial charge in [-0.15, -0.1) is 0 Å². The number of hydrogen-bond donors (Lipinski definition) is 1. The average Bonchev–Trinajstić information content (AvgIpc) is 3.06. The van der Waals surface area contributed by atoms with Gasteiger partial charge in [-0.3, -0.25) is 9.59 Å². The molecule has 9 heteroatoms. The van der Waals surface area contributed by atoms with Gasteiger partial charge in [0.1, 0.15) is 0 Å². The quantitative estimate of drug-likeness (QED) is 0.779. The lowest BCUT2D eigenvalue weighted by Gasteiger charge is -2.19. The van der Waals surface area contributed by atoms with Crippen LogP contribution in [0.4, 0.5) is 24.5 Å². The fraction of sp³-hybridized carbons (Fsp3) is 0.278. The number of carbonyl (C=O) groups is 2. The Hall–Kier alpha value is -2.55. The molecule has 0 spiro atoms. The van der Waals surface area contributed by atoms with Gasteiger partial charge in [0.05, 0.1) is 27.7 Å². The highest BCUT2D eigenvalue weighted by molar-refractivity contribution is 7.99. The number of aromatic nitrogens is 1. The summed E-state index contributed by atoms with van der Waals surface area (Å²) in [6.45, 7) is 0.607. The fourth-order valence-corrected chi connectivity index (χ4v) is 3.32. The van der Waals surface area contributed by atoms with Crippen LogP contribution >= 0.6 is 11.8 Å². The van der Waals surface area contributed by atoms with Gasteiger partial charge >= 0.3 is 6.18 Å². The minimum atomic E-state index is -4.44. The van der Waals surface area contributed by atoms with Crippen LogP contribution in [0.25, 0.3) is 0 Å². The minimum absolute atomic E-state index is 0.0132. The second-order valence-electron chi connectivity index (χ2n) is 5.89. The lowest BCUT2D eigenvalue weighted by Crippen LogP contribution is -2.26. The van der Waals surface area contributed by atoms with E-state index in [4.69, 9.17) is 0 Å². The number of pyridine rings is 1. The maximum Gasteiger partial charge on any atom is 0.417 e. The summed E-state index contributed by atoms with van der Waals surface area (Å²) in [4.78, 5) is 29.5. The molecule has 142 valence electrons. The molecule has 1 aliphatic rings. The number of alkyl halides is 3. The Morgan fingerprint density at radius 1 is 1.22 bits per heavy atom. The number of para-hydroxylation sites is 2. The first-order valence-electron chi connectivity index (χ1n) is 8.20. The SMILES string of the molecule is O=C(CSc1ccc(C(F)(F)F)cn1)Nc1ccccc1N1CCCC1=O. The van der Waals surface area contributed by atoms with Crippen LogP contribution in [0.5, 0.6) is 0 Å². The Morgan fingerprint density at radius 3 is 2.63 bits per heavy atom. The molecular formula is C18H16F3N3O2S. The van der Waals surface area contributed by atoms with Gasteiger partial charge in [-0.1, -0.05) is 23.9 Å². The summed E-state index contributed by atoms with van der Waals surface area (Å²) in [6.07, 6.45) is -2.44. The van der Waals surface area contributed by atoms with Gasteiger partial charge in [0.25, 0.3) is 0 Å². The van der Waals surface area contributed by atoms with E-state index in [1.54, 1.807) is 29.2 Å². The largest absolute Gasteiger partial charge is 0.417 e. The van der Waals surface area contributed by atoms with Crippen molar-refractivity contribution in [3.63, 3.8) is 0 Å². The van der Waals surface area contributed by atoms with Crippen molar-refractivity contribution in [2.75, 3.05) is 22.5 Å². The summed E-state index contributed by atoms with van der Waals surface area (Å²) in [5.74, 6) is -0.332. The van der Waals surface area contributed by atoms with E-state index in [-0.39, 0.29) is 17.6 Å². The third-order valence-corrected chi connectivity index (χ3v) is 4.90. The van der Waals surface area contributed by atoms with Crippen LogP contribution in [-0.4, -0.2) is 29.1 Å². The van der Waals surface area contributed by atoms with Gasteiger partial charge in [0.2, 0.25) is 11.8 Å². The van der Waals surface area contributed by atoms with Gasteiger partial charge in [-0.2, -0.15) is 13.2 Å². The summed E-state index contributed by atoms with van der Waals surface area (Å²) in [5, 5.41) is 3.07. The molecule has 3 rings (SSSR count). The minimum Gasteiger partial charge on any atom is -0.324 e. The molecular weight excluding hydrogens is 379 g/mol. The van der Waals surface area contributed by atoms with E-state index >= 15 is 0 Å². The number of anilines is 2. The smallest absolute Gasteiger partial charge is 0.324 e. The van der Waals surface area contributed by atoms with Crippen LogP contribution in [0.2, 0.25) is 0 Å². The lowest BCUT2D eigenvalue weighted by molar-refractivity contribution is -0.137. The van der Waals surface area contributed by atoms with Crippen LogP contribution in [0.3, 0.4) is 0 Å². The van der Waals surface area contributed by atoms with Crippen molar-refractivity contribution in [2.45, 2.75) is 24.0 Å². The van der Waals surface area contributed by atoms with Crippen molar-refractivity contribution >= 4 is 35.0 Å². The number of halogens is 3. The molecule has 1 N–H and O–H groups in total. The van der Waals surface area contributed by atoms with Gasteiger partial charge in [0, 0.05) is 19.2 Å². The average molecular weight is 395 g/mol. The zero-order valence-corrected chi connectivity index (χ0v) is 14.9. The Labute approximate surface area is 158 Å².